The third-order valence-corrected chi connectivity index (χ3v) is 4.99. The van der Waals surface area contributed by atoms with Gasteiger partial charge in [-0.2, -0.15) is 0 Å². The fraction of sp³-hybridized carbons (Fsp3) is 0.176. The smallest absolute Gasteiger partial charge is 0.234 e. The SMILES string of the molecule is COc1cccc(NC(=O)CSCc2csc(-c3ccco3)n2)c1. The maximum atomic E-state index is 12.0. The minimum absolute atomic E-state index is 0.0465. The molecule has 0 radical (unpaired) electrons. The molecular formula is C17H16N2O3S2. The van der Waals surface area contributed by atoms with Crippen LogP contribution in [0.4, 0.5) is 5.69 Å². The molecule has 1 aromatic carbocycles. The van der Waals surface area contributed by atoms with E-state index in [0.717, 1.165) is 22.1 Å². The first-order valence-corrected chi connectivity index (χ1v) is 9.28. The number of methoxy groups -OCH3 is 1. The molecule has 3 aromatic rings. The van der Waals surface area contributed by atoms with Gasteiger partial charge in [-0.1, -0.05) is 6.07 Å². The van der Waals surface area contributed by atoms with Crippen molar-refractivity contribution >= 4 is 34.7 Å². The molecule has 0 bridgehead atoms. The fourth-order valence-electron chi connectivity index (χ4n) is 2.03. The average molecular weight is 360 g/mol. The Morgan fingerprint density at radius 2 is 2.29 bits per heavy atom. The molecule has 0 saturated carbocycles. The van der Waals surface area contributed by atoms with Crippen LogP contribution in [0.3, 0.4) is 0 Å². The quantitative estimate of drug-likeness (QED) is 0.681. The number of amides is 1. The van der Waals surface area contributed by atoms with E-state index in [1.54, 1.807) is 30.8 Å². The first-order valence-electron chi connectivity index (χ1n) is 7.24. The number of hydrogen-bond acceptors (Lipinski definition) is 6. The Balaban J connectivity index is 1.46. The maximum absolute atomic E-state index is 12.0. The number of carbonyl (C=O) groups is 1. The Kier molecular flexibility index (Phi) is 5.55. The number of nitrogens with one attached hydrogen (secondary N) is 1. The lowest BCUT2D eigenvalue weighted by atomic mass is 10.3. The van der Waals surface area contributed by atoms with E-state index in [1.807, 2.05) is 35.7 Å². The predicted octanol–water partition coefficient (Wildman–Crippen LogP) is 4.28. The Labute approximate surface area is 148 Å². The summed E-state index contributed by atoms with van der Waals surface area (Å²) in [5.41, 5.74) is 1.68. The zero-order valence-electron chi connectivity index (χ0n) is 13.0. The summed E-state index contributed by atoms with van der Waals surface area (Å²) in [6.45, 7) is 0. The summed E-state index contributed by atoms with van der Waals surface area (Å²) in [7, 11) is 1.60. The van der Waals surface area contributed by atoms with E-state index in [0.29, 0.717) is 17.3 Å². The second-order valence-corrected chi connectivity index (χ2v) is 6.74. The number of ether oxygens (including phenoxy) is 1. The zero-order valence-corrected chi connectivity index (χ0v) is 14.7. The molecule has 0 fully saturated rings. The van der Waals surface area contributed by atoms with E-state index in [-0.39, 0.29) is 5.91 Å². The van der Waals surface area contributed by atoms with Crippen LogP contribution >= 0.6 is 23.1 Å². The number of thiazole rings is 1. The van der Waals surface area contributed by atoms with Gasteiger partial charge in [0, 0.05) is 22.9 Å². The van der Waals surface area contributed by atoms with Gasteiger partial charge in [-0.15, -0.1) is 23.1 Å². The van der Waals surface area contributed by atoms with E-state index >= 15 is 0 Å². The highest BCUT2D eigenvalue weighted by molar-refractivity contribution is 7.99. The van der Waals surface area contributed by atoms with E-state index in [9.17, 15) is 4.79 Å². The highest BCUT2D eigenvalue weighted by atomic mass is 32.2. The number of rotatable bonds is 7. The maximum Gasteiger partial charge on any atom is 0.234 e. The second kappa shape index (κ2) is 8.03. The molecule has 24 heavy (non-hydrogen) atoms. The van der Waals surface area contributed by atoms with Gasteiger partial charge in [0.25, 0.3) is 0 Å². The average Bonchev–Trinajstić information content (AvgIpc) is 3.26. The lowest BCUT2D eigenvalue weighted by Gasteiger charge is -2.06. The first kappa shape index (κ1) is 16.6. The van der Waals surface area contributed by atoms with Crippen LogP contribution in [-0.4, -0.2) is 23.8 Å². The number of aromatic nitrogens is 1. The number of nitrogens with zero attached hydrogens (tertiary/aromatic N) is 1. The van der Waals surface area contributed by atoms with Gasteiger partial charge in [0.1, 0.15) is 5.75 Å². The summed E-state index contributed by atoms with van der Waals surface area (Å²) < 4.78 is 10.5. The molecule has 0 spiro atoms. The summed E-state index contributed by atoms with van der Waals surface area (Å²) in [6.07, 6.45) is 1.63. The lowest BCUT2D eigenvalue weighted by Crippen LogP contribution is -2.14. The van der Waals surface area contributed by atoms with Crippen molar-refractivity contribution in [2.45, 2.75) is 5.75 Å². The van der Waals surface area contributed by atoms with Gasteiger partial charge in [-0.05, 0) is 24.3 Å². The van der Waals surface area contributed by atoms with Crippen LogP contribution in [0, 0.1) is 0 Å². The lowest BCUT2D eigenvalue weighted by molar-refractivity contribution is -0.113. The van der Waals surface area contributed by atoms with Crippen LogP contribution in [0.25, 0.3) is 10.8 Å². The van der Waals surface area contributed by atoms with Gasteiger partial charge in [-0.3, -0.25) is 4.79 Å². The zero-order chi connectivity index (χ0) is 16.8. The highest BCUT2D eigenvalue weighted by Gasteiger charge is 2.08. The third kappa shape index (κ3) is 4.39. The van der Waals surface area contributed by atoms with Crippen LogP contribution in [0.5, 0.6) is 5.75 Å². The van der Waals surface area contributed by atoms with Crippen molar-refractivity contribution in [3.8, 4) is 16.5 Å². The van der Waals surface area contributed by atoms with Crippen molar-refractivity contribution in [3.05, 3.63) is 53.7 Å². The standard InChI is InChI=1S/C17H16N2O3S2/c1-21-14-5-2-4-12(8-14)18-16(20)11-23-9-13-10-24-17(19-13)15-6-3-7-22-15/h2-8,10H,9,11H2,1H3,(H,18,20). The van der Waals surface area contributed by atoms with Crippen LogP contribution < -0.4 is 10.1 Å². The molecule has 2 heterocycles. The number of thioether (sulfide) groups is 1. The number of anilines is 1. The summed E-state index contributed by atoms with van der Waals surface area (Å²) in [5, 5.41) is 5.71. The number of benzene rings is 1. The normalized spacial score (nSPS) is 10.5. The highest BCUT2D eigenvalue weighted by Crippen LogP contribution is 2.25. The van der Waals surface area contributed by atoms with Crippen molar-refractivity contribution in [2.24, 2.45) is 0 Å². The summed E-state index contributed by atoms with van der Waals surface area (Å²) in [6, 6.07) is 11.0. The van der Waals surface area contributed by atoms with Crippen LogP contribution in [0.2, 0.25) is 0 Å². The Morgan fingerprint density at radius 1 is 1.38 bits per heavy atom. The summed E-state index contributed by atoms with van der Waals surface area (Å²) in [4.78, 5) is 16.5. The minimum atomic E-state index is -0.0465. The number of hydrogen-bond donors (Lipinski definition) is 1. The fourth-order valence-corrected chi connectivity index (χ4v) is 3.64. The Hall–Kier alpha value is -2.25. The minimum Gasteiger partial charge on any atom is -0.497 e. The molecule has 0 aliphatic carbocycles. The summed E-state index contributed by atoms with van der Waals surface area (Å²) >= 11 is 3.06. The second-order valence-electron chi connectivity index (χ2n) is 4.89. The van der Waals surface area contributed by atoms with Crippen molar-refractivity contribution in [3.63, 3.8) is 0 Å². The summed E-state index contributed by atoms with van der Waals surface area (Å²) in [5.74, 6) is 2.49. The van der Waals surface area contributed by atoms with Gasteiger partial charge in [-0.25, -0.2) is 4.98 Å². The Morgan fingerprint density at radius 3 is 3.08 bits per heavy atom. The number of carbonyl (C=O) groups excluding carboxylic acids is 1. The molecule has 7 heteroatoms. The van der Waals surface area contributed by atoms with Crippen LogP contribution in [-0.2, 0) is 10.5 Å². The monoisotopic (exact) mass is 360 g/mol. The van der Waals surface area contributed by atoms with Gasteiger partial charge < -0.3 is 14.5 Å². The van der Waals surface area contributed by atoms with Gasteiger partial charge >= 0.3 is 0 Å². The molecule has 1 N–H and O–H groups in total. The topological polar surface area (TPSA) is 64.4 Å². The van der Waals surface area contributed by atoms with Gasteiger partial charge in [0.15, 0.2) is 10.8 Å². The predicted molar refractivity (Wildman–Crippen MR) is 97.6 cm³/mol. The van der Waals surface area contributed by atoms with Crippen molar-refractivity contribution in [1.82, 2.24) is 4.98 Å². The molecule has 124 valence electrons. The molecule has 5 nitrogen and oxygen atoms in total. The molecule has 0 atom stereocenters. The molecule has 3 rings (SSSR count). The van der Waals surface area contributed by atoms with Crippen LogP contribution in [0.15, 0.2) is 52.5 Å². The first-order chi connectivity index (χ1) is 11.7. The molecule has 0 aliphatic rings. The number of furan rings is 1. The molecular weight excluding hydrogens is 344 g/mol. The van der Waals surface area contributed by atoms with E-state index in [2.05, 4.69) is 10.3 Å². The van der Waals surface area contributed by atoms with Crippen LogP contribution in [0.1, 0.15) is 5.69 Å². The Bertz CT molecular complexity index is 800. The van der Waals surface area contributed by atoms with Gasteiger partial charge in [0.05, 0.1) is 24.8 Å². The largest absolute Gasteiger partial charge is 0.497 e. The van der Waals surface area contributed by atoms with Crippen molar-refractivity contribution in [2.75, 3.05) is 18.2 Å². The third-order valence-electron chi connectivity index (χ3n) is 3.12. The molecule has 0 unspecified atom stereocenters. The van der Waals surface area contributed by atoms with E-state index in [4.69, 9.17) is 9.15 Å². The molecule has 2 aromatic heterocycles. The molecule has 1 amide bonds. The van der Waals surface area contributed by atoms with E-state index in [1.165, 1.54) is 11.8 Å². The van der Waals surface area contributed by atoms with Gasteiger partial charge in [0.2, 0.25) is 5.91 Å². The van der Waals surface area contributed by atoms with Crippen molar-refractivity contribution < 1.29 is 13.9 Å². The van der Waals surface area contributed by atoms with Crippen molar-refractivity contribution in [1.29, 1.82) is 0 Å². The van der Waals surface area contributed by atoms with E-state index < -0.39 is 0 Å². The molecule has 0 aliphatic heterocycles. The molecule has 0 saturated heterocycles.